The van der Waals surface area contributed by atoms with E-state index < -0.39 is 0 Å². The minimum atomic E-state index is 0.227. The molecule has 7 heavy (non-hydrogen) atoms. The molecule has 0 spiro atoms. The van der Waals surface area contributed by atoms with E-state index in [4.69, 9.17) is 0 Å². The normalized spacial score (nSPS) is 32.0. The summed E-state index contributed by atoms with van der Waals surface area (Å²) in [6.07, 6.45) is 5.90. The minimum absolute atomic E-state index is 0.227. The summed E-state index contributed by atoms with van der Waals surface area (Å²) in [5, 5.41) is 0. The number of rotatable bonds is 0. The molecule has 0 amide bonds. The van der Waals surface area contributed by atoms with Gasteiger partial charge >= 0.3 is 0 Å². The molecule has 0 radical (unpaired) electrons. The first-order valence-corrected chi connectivity index (χ1v) is 2.24. The zero-order valence-electron chi connectivity index (χ0n) is 3.70. The number of hydrogen-bond donors (Lipinski definition) is 0. The summed E-state index contributed by atoms with van der Waals surface area (Å²) in [6, 6.07) is 0. The van der Waals surface area contributed by atoms with Crippen LogP contribution < -0.4 is 0 Å². The largest absolute Gasteiger partial charge is 0.260 e. The van der Waals surface area contributed by atoms with Crippen LogP contribution in [0.25, 0.3) is 0 Å². The standard InChI is InChI=1S/C5H4N2/c1-2-4-5(7-4)6-3-1/h1-3,5H/t5-/m1/s1. The molecule has 2 nitrogen and oxygen atoms in total. The highest BCUT2D eigenvalue weighted by molar-refractivity contribution is 6.12. The molecule has 0 fully saturated rings. The van der Waals surface area contributed by atoms with Crippen LogP contribution in [0.2, 0.25) is 0 Å². The van der Waals surface area contributed by atoms with E-state index >= 15 is 0 Å². The van der Waals surface area contributed by atoms with Crippen molar-refractivity contribution < 1.29 is 0 Å². The molecule has 0 aromatic heterocycles. The number of aliphatic imine (C=N–C) groups is 2. The van der Waals surface area contributed by atoms with Gasteiger partial charge in [0, 0.05) is 6.21 Å². The van der Waals surface area contributed by atoms with Gasteiger partial charge in [0.25, 0.3) is 0 Å². The van der Waals surface area contributed by atoms with Crippen molar-refractivity contribution in [1.29, 1.82) is 0 Å². The summed E-state index contributed by atoms with van der Waals surface area (Å²) >= 11 is 0. The zero-order valence-corrected chi connectivity index (χ0v) is 3.70. The van der Waals surface area contributed by atoms with Gasteiger partial charge in [-0.05, 0) is 12.2 Å². The third-order valence-electron chi connectivity index (χ3n) is 1.05. The summed E-state index contributed by atoms with van der Waals surface area (Å²) in [5.41, 5.74) is 1.13. The molecular formula is C5H4N2. The van der Waals surface area contributed by atoms with Crippen molar-refractivity contribution >= 4 is 11.9 Å². The first-order chi connectivity index (χ1) is 3.47. The lowest BCUT2D eigenvalue weighted by molar-refractivity contribution is 1.08. The summed E-state index contributed by atoms with van der Waals surface area (Å²) in [6.45, 7) is 0. The molecule has 2 aliphatic heterocycles. The maximum absolute atomic E-state index is 3.99. The van der Waals surface area contributed by atoms with Crippen LogP contribution in [0, 0.1) is 0 Å². The second kappa shape index (κ2) is 0.832. The zero-order chi connectivity index (χ0) is 4.69. The van der Waals surface area contributed by atoms with Gasteiger partial charge in [-0.25, -0.2) is 0 Å². The van der Waals surface area contributed by atoms with Gasteiger partial charge in [0.05, 0.1) is 5.71 Å². The first-order valence-electron chi connectivity index (χ1n) is 2.24. The summed E-state index contributed by atoms with van der Waals surface area (Å²) in [5.74, 6) is 0. The Hall–Kier alpha value is -0.920. The molecule has 0 aromatic rings. The van der Waals surface area contributed by atoms with Crippen molar-refractivity contribution in [1.82, 2.24) is 0 Å². The lowest BCUT2D eigenvalue weighted by Crippen LogP contribution is -1.93. The fraction of sp³-hybridized carbons (Fsp3) is 0.200. The van der Waals surface area contributed by atoms with E-state index in [1.165, 1.54) is 0 Å². The molecule has 0 N–H and O–H groups in total. The van der Waals surface area contributed by atoms with E-state index in [0.29, 0.717) is 0 Å². The molecule has 2 heteroatoms. The van der Waals surface area contributed by atoms with Gasteiger partial charge in [0.1, 0.15) is 0 Å². The predicted octanol–water partition coefficient (Wildman–Crippen LogP) is 0.408. The van der Waals surface area contributed by atoms with Gasteiger partial charge in [-0.15, -0.1) is 0 Å². The van der Waals surface area contributed by atoms with Gasteiger partial charge in [-0.3, -0.25) is 9.98 Å². The van der Waals surface area contributed by atoms with Crippen molar-refractivity contribution in [2.45, 2.75) is 6.17 Å². The Balaban J connectivity index is 2.38. The molecule has 2 aliphatic rings. The predicted molar refractivity (Wildman–Crippen MR) is 28.9 cm³/mol. The third-order valence-corrected chi connectivity index (χ3v) is 1.05. The number of fused-ring (bicyclic) bond motifs is 1. The molecule has 2 heterocycles. The van der Waals surface area contributed by atoms with E-state index in [1.807, 2.05) is 12.2 Å². The molecule has 0 aliphatic carbocycles. The van der Waals surface area contributed by atoms with E-state index in [1.54, 1.807) is 6.21 Å². The lowest BCUT2D eigenvalue weighted by Gasteiger charge is -1.84. The summed E-state index contributed by atoms with van der Waals surface area (Å²) < 4.78 is 0. The van der Waals surface area contributed by atoms with Gasteiger partial charge in [0.2, 0.25) is 0 Å². The van der Waals surface area contributed by atoms with Crippen molar-refractivity contribution in [2.24, 2.45) is 9.98 Å². The molecule has 1 atom stereocenters. The third kappa shape index (κ3) is 0.330. The molecule has 2 rings (SSSR count). The topological polar surface area (TPSA) is 24.7 Å². The number of allylic oxidation sites excluding steroid dienone is 1. The average molecular weight is 92.1 g/mol. The minimum Gasteiger partial charge on any atom is -0.260 e. The molecule has 0 aromatic carbocycles. The fourth-order valence-electron chi connectivity index (χ4n) is 0.616. The first kappa shape index (κ1) is 3.13. The van der Waals surface area contributed by atoms with Gasteiger partial charge in [-0.2, -0.15) is 0 Å². The molecule has 34 valence electrons. The molecule has 0 bridgehead atoms. The van der Waals surface area contributed by atoms with Crippen LogP contribution in [0.15, 0.2) is 22.1 Å². The van der Waals surface area contributed by atoms with Gasteiger partial charge < -0.3 is 0 Å². The highest BCUT2D eigenvalue weighted by Crippen LogP contribution is 2.15. The Bertz CT molecular complexity index is 177. The van der Waals surface area contributed by atoms with Crippen LogP contribution in [-0.4, -0.2) is 18.1 Å². The van der Waals surface area contributed by atoms with E-state index in [2.05, 4.69) is 9.98 Å². The summed E-state index contributed by atoms with van der Waals surface area (Å²) in [7, 11) is 0. The highest BCUT2D eigenvalue weighted by Gasteiger charge is 2.23. The molecule has 0 unspecified atom stereocenters. The number of dihydropyridines is 1. The van der Waals surface area contributed by atoms with Gasteiger partial charge in [-0.1, -0.05) is 0 Å². The fourth-order valence-corrected chi connectivity index (χ4v) is 0.616. The lowest BCUT2D eigenvalue weighted by atomic mass is 10.3. The van der Waals surface area contributed by atoms with Crippen LogP contribution in [-0.2, 0) is 0 Å². The van der Waals surface area contributed by atoms with Crippen LogP contribution in [0.5, 0.6) is 0 Å². The van der Waals surface area contributed by atoms with Crippen molar-refractivity contribution in [3.8, 4) is 0 Å². The Morgan fingerprint density at radius 1 is 1.57 bits per heavy atom. The van der Waals surface area contributed by atoms with Gasteiger partial charge in [0.15, 0.2) is 6.17 Å². The maximum Gasteiger partial charge on any atom is 0.181 e. The molecule has 0 saturated carbocycles. The average Bonchev–Trinajstić information content (AvgIpc) is 2.41. The van der Waals surface area contributed by atoms with Crippen LogP contribution in [0.3, 0.4) is 0 Å². The second-order valence-electron chi connectivity index (χ2n) is 1.58. The Kier molecular flexibility index (Phi) is 0.372. The van der Waals surface area contributed by atoms with E-state index in [0.717, 1.165) is 5.71 Å². The quantitative estimate of drug-likeness (QED) is 0.413. The summed E-state index contributed by atoms with van der Waals surface area (Å²) in [4.78, 5) is 7.97. The molecule has 0 saturated heterocycles. The monoisotopic (exact) mass is 92.0 g/mol. The van der Waals surface area contributed by atoms with Crippen LogP contribution in [0.1, 0.15) is 0 Å². The van der Waals surface area contributed by atoms with Crippen LogP contribution in [0.4, 0.5) is 0 Å². The SMILES string of the molecule is C1=CC2=N[C@H]2N=C1. The Morgan fingerprint density at radius 3 is 3.14 bits per heavy atom. The number of nitrogens with zero attached hydrogens (tertiary/aromatic N) is 2. The molecular weight excluding hydrogens is 88.1 g/mol. The van der Waals surface area contributed by atoms with E-state index in [-0.39, 0.29) is 6.17 Å². The van der Waals surface area contributed by atoms with Crippen molar-refractivity contribution in [3.05, 3.63) is 12.2 Å². The van der Waals surface area contributed by atoms with E-state index in [9.17, 15) is 0 Å². The smallest absolute Gasteiger partial charge is 0.181 e. The van der Waals surface area contributed by atoms with Crippen molar-refractivity contribution in [2.75, 3.05) is 0 Å². The maximum atomic E-state index is 3.99. The number of hydrogen-bond acceptors (Lipinski definition) is 2. The Labute approximate surface area is 41.3 Å². The van der Waals surface area contributed by atoms with Crippen molar-refractivity contribution in [3.63, 3.8) is 0 Å². The van der Waals surface area contributed by atoms with Crippen LogP contribution >= 0.6 is 0 Å². The second-order valence-corrected chi connectivity index (χ2v) is 1.58. The Morgan fingerprint density at radius 2 is 2.57 bits per heavy atom. The highest BCUT2D eigenvalue weighted by atomic mass is 15.1.